The molecule has 0 heterocycles. The molecule has 0 saturated carbocycles. The number of rotatable bonds is 10. The number of aryl methyl sites for hydroxylation is 2. The van der Waals surface area contributed by atoms with Gasteiger partial charge < -0.3 is 11.1 Å². The van der Waals surface area contributed by atoms with Gasteiger partial charge in [-0.2, -0.15) is 0 Å². The van der Waals surface area contributed by atoms with Crippen molar-refractivity contribution >= 4 is 11.8 Å². The number of hydrogen-bond acceptors (Lipinski definition) is 2. The number of benzene rings is 1. The highest BCUT2D eigenvalue weighted by Gasteiger charge is 2.18. The van der Waals surface area contributed by atoms with Gasteiger partial charge in [-0.1, -0.05) is 62.6 Å². The van der Waals surface area contributed by atoms with Crippen LogP contribution in [0.3, 0.4) is 0 Å². The van der Waals surface area contributed by atoms with Crippen molar-refractivity contribution in [2.45, 2.75) is 71.8 Å². The Kier molecular flexibility index (Phi) is 8.38. The Balaban J connectivity index is 2.51. The summed E-state index contributed by atoms with van der Waals surface area (Å²) in [4.78, 5) is 23.9. The fraction of sp³-hybridized carbons (Fsp3) is 0.579. The van der Waals surface area contributed by atoms with Crippen LogP contribution in [0.15, 0.2) is 18.2 Å². The summed E-state index contributed by atoms with van der Waals surface area (Å²) in [5, 5.41) is 2.78. The summed E-state index contributed by atoms with van der Waals surface area (Å²) in [6.45, 7) is 6.09. The van der Waals surface area contributed by atoms with Gasteiger partial charge in [0.2, 0.25) is 5.91 Å². The minimum atomic E-state index is -0.588. The number of nitrogens with one attached hydrogen (secondary N) is 1. The Labute approximate surface area is 139 Å². The van der Waals surface area contributed by atoms with Crippen LogP contribution >= 0.6 is 0 Å². The van der Waals surface area contributed by atoms with Gasteiger partial charge in [0.1, 0.15) is 6.04 Å². The molecule has 23 heavy (non-hydrogen) atoms. The fourth-order valence-electron chi connectivity index (χ4n) is 2.76. The Morgan fingerprint density at radius 2 is 1.57 bits per heavy atom. The quantitative estimate of drug-likeness (QED) is 0.646. The van der Waals surface area contributed by atoms with Gasteiger partial charge in [-0.3, -0.25) is 9.59 Å². The molecule has 1 aromatic rings. The maximum Gasteiger partial charge on any atom is 0.251 e. The van der Waals surface area contributed by atoms with Crippen molar-refractivity contribution in [1.29, 1.82) is 0 Å². The number of carbonyl (C=O) groups is 2. The Morgan fingerprint density at radius 3 is 2.13 bits per heavy atom. The van der Waals surface area contributed by atoms with Crippen molar-refractivity contribution in [3.8, 4) is 0 Å². The van der Waals surface area contributed by atoms with E-state index in [-0.39, 0.29) is 5.91 Å². The SMILES string of the molecule is CCCCCCCC[C@H](NC(=O)c1cc(C)cc(C)c1)C(N)=O. The van der Waals surface area contributed by atoms with E-state index >= 15 is 0 Å². The molecule has 0 bridgehead atoms. The van der Waals surface area contributed by atoms with Crippen LogP contribution in [0.2, 0.25) is 0 Å². The third-order valence-corrected chi connectivity index (χ3v) is 3.98. The van der Waals surface area contributed by atoms with E-state index in [1.165, 1.54) is 25.7 Å². The van der Waals surface area contributed by atoms with Gasteiger partial charge in [0.05, 0.1) is 0 Å². The van der Waals surface area contributed by atoms with Crippen molar-refractivity contribution in [3.05, 3.63) is 34.9 Å². The first-order valence-corrected chi connectivity index (χ1v) is 8.62. The van der Waals surface area contributed by atoms with Crippen LogP contribution in [0.5, 0.6) is 0 Å². The number of hydrogen-bond donors (Lipinski definition) is 2. The number of unbranched alkanes of at least 4 members (excludes halogenated alkanes) is 5. The van der Waals surface area contributed by atoms with Crippen molar-refractivity contribution in [2.24, 2.45) is 5.73 Å². The molecule has 128 valence electrons. The van der Waals surface area contributed by atoms with Gasteiger partial charge in [0.15, 0.2) is 0 Å². The molecule has 0 aliphatic rings. The Morgan fingerprint density at radius 1 is 1.00 bits per heavy atom. The minimum absolute atomic E-state index is 0.230. The topological polar surface area (TPSA) is 72.2 Å². The van der Waals surface area contributed by atoms with E-state index in [4.69, 9.17) is 5.73 Å². The summed E-state index contributed by atoms with van der Waals surface area (Å²) >= 11 is 0. The number of nitrogens with two attached hydrogens (primary N) is 1. The highest BCUT2D eigenvalue weighted by molar-refractivity contribution is 5.97. The van der Waals surface area contributed by atoms with Gasteiger partial charge >= 0.3 is 0 Å². The summed E-state index contributed by atoms with van der Waals surface area (Å²) in [5.74, 6) is -0.692. The molecular weight excluding hydrogens is 288 g/mol. The molecule has 4 heteroatoms. The maximum atomic E-state index is 12.3. The maximum absolute atomic E-state index is 12.3. The average molecular weight is 318 g/mol. The van der Waals surface area contributed by atoms with Crippen LogP contribution in [0.25, 0.3) is 0 Å². The first-order chi connectivity index (χ1) is 10.9. The summed E-state index contributed by atoms with van der Waals surface area (Å²) in [6.07, 6.45) is 7.46. The molecule has 3 N–H and O–H groups in total. The molecule has 0 spiro atoms. The van der Waals surface area contributed by atoms with E-state index < -0.39 is 11.9 Å². The zero-order chi connectivity index (χ0) is 17.2. The average Bonchev–Trinajstić information content (AvgIpc) is 2.48. The fourth-order valence-corrected chi connectivity index (χ4v) is 2.76. The predicted molar refractivity (Wildman–Crippen MR) is 94.4 cm³/mol. The molecule has 0 aromatic heterocycles. The molecule has 0 fully saturated rings. The molecule has 1 rings (SSSR count). The van der Waals surface area contributed by atoms with Gasteiger partial charge in [-0.25, -0.2) is 0 Å². The molecule has 0 radical (unpaired) electrons. The van der Waals surface area contributed by atoms with Crippen molar-refractivity contribution in [3.63, 3.8) is 0 Å². The van der Waals surface area contributed by atoms with Crippen molar-refractivity contribution in [1.82, 2.24) is 5.32 Å². The van der Waals surface area contributed by atoms with Crippen LogP contribution < -0.4 is 11.1 Å². The van der Waals surface area contributed by atoms with Crippen LogP contribution in [0.4, 0.5) is 0 Å². The van der Waals surface area contributed by atoms with Crippen LogP contribution in [-0.4, -0.2) is 17.9 Å². The monoisotopic (exact) mass is 318 g/mol. The minimum Gasteiger partial charge on any atom is -0.368 e. The van der Waals surface area contributed by atoms with Crippen molar-refractivity contribution < 1.29 is 9.59 Å². The zero-order valence-corrected chi connectivity index (χ0v) is 14.7. The molecule has 1 aromatic carbocycles. The van der Waals surface area contributed by atoms with E-state index in [1.54, 1.807) is 0 Å². The van der Waals surface area contributed by atoms with Crippen LogP contribution in [0.1, 0.15) is 73.4 Å². The van der Waals surface area contributed by atoms with Gasteiger partial charge in [0.25, 0.3) is 5.91 Å². The number of primary amides is 1. The number of amides is 2. The lowest BCUT2D eigenvalue weighted by Crippen LogP contribution is -2.44. The molecule has 1 atom stereocenters. The Bertz CT molecular complexity index is 506. The lowest BCUT2D eigenvalue weighted by molar-refractivity contribution is -0.120. The molecule has 2 amide bonds. The summed E-state index contributed by atoms with van der Waals surface area (Å²) in [7, 11) is 0. The van der Waals surface area contributed by atoms with Gasteiger partial charge in [-0.15, -0.1) is 0 Å². The second-order valence-electron chi connectivity index (χ2n) is 6.36. The third-order valence-electron chi connectivity index (χ3n) is 3.98. The second kappa shape index (κ2) is 10.0. The van der Waals surface area contributed by atoms with E-state index in [0.717, 1.165) is 24.0 Å². The van der Waals surface area contributed by atoms with Crippen LogP contribution in [0, 0.1) is 13.8 Å². The van der Waals surface area contributed by atoms with E-state index in [9.17, 15) is 9.59 Å². The molecular formula is C19H30N2O2. The number of carbonyl (C=O) groups excluding carboxylic acids is 2. The van der Waals surface area contributed by atoms with E-state index in [1.807, 2.05) is 32.0 Å². The normalized spacial score (nSPS) is 12.0. The smallest absolute Gasteiger partial charge is 0.251 e. The summed E-state index contributed by atoms with van der Waals surface area (Å²) in [5.41, 5.74) is 8.07. The first kappa shape index (κ1) is 19.2. The highest BCUT2D eigenvalue weighted by Crippen LogP contribution is 2.11. The van der Waals surface area contributed by atoms with Crippen LogP contribution in [-0.2, 0) is 4.79 Å². The predicted octanol–water partition coefficient (Wildman–Crippen LogP) is 3.64. The first-order valence-electron chi connectivity index (χ1n) is 8.62. The van der Waals surface area contributed by atoms with E-state index in [0.29, 0.717) is 12.0 Å². The Hall–Kier alpha value is -1.84. The molecule has 0 unspecified atom stereocenters. The van der Waals surface area contributed by atoms with Gasteiger partial charge in [-0.05, 0) is 32.4 Å². The third kappa shape index (κ3) is 7.31. The summed E-state index contributed by atoms with van der Waals surface area (Å²) < 4.78 is 0. The van der Waals surface area contributed by atoms with E-state index in [2.05, 4.69) is 12.2 Å². The lowest BCUT2D eigenvalue weighted by atomic mass is 10.0. The lowest BCUT2D eigenvalue weighted by Gasteiger charge is -2.16. The largest absolute Gasteiger partial charge is 0.368 e. The second-order valence-corrected chi connectivity index (χ2v) is 6.36. The highest BCUT2D eigenvalue weighted by atomic mass is 16.2. The molecule has 0 saturated heterocycles. The molecule has 0 aliphatic heterocycles. The van der Waals surface area contributed by atoms with Gasteiger partial charge in [0, 0.05) is 5.56 Å². The molecule has 0 aliphatic carbocycles. The van der Waals surface area contributed by atoms with Crippen molar-refractivity contribution in [2.75, 3.05) is 0 Å². The standard InChI is InChI=1S/C19H30N2O2/c1-4-5-6-7-8-9-10-17(18(20)22)21-19(23)16-12-14(2)11-15(3)13-16/h11-13,17H,4-10H2,1-3H3,(H2,20,22)(H,21,23)/t17-/m0/s1. The zero-order valence-electron chi connectivity index (χ0n) is 14.7. The summed E-state index contributed by atoms with van der Waals surface area (Å²) in [6, 6.07) is 5.07. The molecule has 4 nitrogen and oxygen atoms in total.